The van der Waals surface area contributed by atoms with Gasteiger partial charge in [-0.3, -0.25) is 0 Å². The summed E-state index contributed by atoms with van der Waals surface area (Å²) in [6.07, 6.45) is 14.1. The molecule has 3 nitrogen and oxygen atoms in total. The minimum atomic E-state index is 0.772. The van der Waals surface area contributed by atoms with E-state index in [4.69, 9.17) is 4.74 Å². The molecule has 0 N–H and O–H groups in total. The van der Waals surface area contributed by atoms with Gasteiger partial charge in [-0.05, 0) is 6.42 Å². The fraction of sp³-hybridized carbons (Fsp3) is 0.692. The molecular formula is C13H22N2O. The van der Waals surface area contributed by atoms with Crippen LogP contribution in [0.3, 0.4) is 0 Å². The number of hydrogen-bond donors (Lipinski definition) is 0. The van der Waals surface area contributed by atoms with Crippen molar-refractivity contribution in [2.45, 2.75) is 51.9 Å². The Balaban J connectivity index is 1.89. The summed E-state index contributed by atoms with van der Waals surface area (Å²) >= 11 is 0. The van der Waals surface area contributed by atoms with Crippen molar-refractivity contribution < 1.29 is 4.74 Å². The van der Waals surface area contributed by atoms with Gasteiger partial charge in [0.1, 0.15) is 6.33 Å². The first-order chi connectivity index (χ1) is 7.93. The maximum atomic E-state index is 5.51. The first kappa shape index (κ1) is 12.9. The van der Waals surface area contributed by atoms with Gasteiger partial charge < -0.3 is 4.74 Å². The van der Waals surface area contributed by atoms with Crippen molar-refractivity contribution in [3.63, 3.8) is 0 Å². The van der Waals surface area contributed by atoms with Gasteiger partial charge in [0, 0.05) is 0 Å². The van der Waals surface area contributed by atoms with Crippen LogP contribution >= 0.6 is 0 Å². The molecule has 1 rings (SSSR count). The molecule has 0 amide bonds. The molecule has 1 heterocycles. The summed E-state index contributed by atoms with van der Waals surface area (Å²) in [6.45, 7) is 3.02. The minimum Gasteiger partial charge on any atom is -0.490 e. The molecule has 16 heavy (non-hydrogen) atoms. The summed E-state index contributed by atoms with van der Waals surface area (Å²) < 4.78 is 5.51. The van der Waals surface area contributed by atoms with Crippen LogP contribution in [0, 0.1) is 0 Å². The third kappa shape index (κ3) is 6.38. The van der Waals surface area contributed by atoms with Gasteiger partial charge >= 0.3 is 0 Å². The van der Waals surface area contributed by atoms with E-state index in [0.717, 1.165) is 18.8 Å². The Labute approximate surface area is 98.3 Å². The van der Waals surface area contributed by atoms with E-state index in [2.05, 4.69) is 16.9 Å². The summed E-state index contributed by atoms with van der Waals surface area (Å²) in [4.78, 5) is 7.79. The highest BCUT2D eigenvalue weighted by Crippen LogP contribution is 2.08. The molecule has 0 radical (unpaired) electrons. The van der Waals surface area contributed by atoms with E-state index in [-0.39, 0.29) is 0 Å². The first-order valence-electron chi connectivity index (χ1n) is 6.31. The molecule has 0 fully saturated rings. The molecule has 0 saturated carbocycles. The lowest BCUT2D eigenvalue weighted by atomic mass is 10.1. The zero-order chi connectivity index (χ0) is 11.5. The van der Waals surface area contributed by atoms with Crippen molar-refractivity contribution in [2.24, 2.45) is 0 Å². The van der Waals surface area contributed by atoms with Crippen LogP contribution in [0.25, 0.3) is 0 Å². The molecule has 0 unspecified atom stereocenters. The van der Waals surface area contributed by atoms with Crippen molar-refractivity contribution in [3.8, 4) is 5.75 Å². The first-order valence-corrected chi connectivity index (χ1v) is 6.31. The molecule has 3 heteroatoms. The van der Waals surface area contributed by atoms with Gasteiger partial charge in [-0.25, -0.2) is 9.97 Å². The summed E-state index contributed by atoms with van der Waals surface area (Å²) in [6, 6.07) is 0. The Bertz CT molecular complexity index is 251. The second-order valence-electron chi connectivity index (χ2n) is 4.04. The fourth-order valence-corrected chi connectivity index (χ4v) is 1.61. The smallest absolute Gasteiger partial charge is 0.155 e. The second-order valence-corrected chi connectivity index (χ2v) is 4.04. The topological polar surface area (TPSA) is 35.0 Å². The number of rotatable bonds is 9. The number of aromatic nitrogens is 2. The number of ether oxygens (including phenoxy) is 1. The lowest BCUT2D eigenvalue weighted by Gasteiger charge is -2.04. The normalized spacial score (nSPS) is 10.3. The Hall–Kier alpha value is -1.12. The Kier molecular flexibility index (Phi) is 7.39. The molecule has 0 atom stereocenters. The largest absolute Gasteiger partial charge is 0.490 e. The molecule has 1 aromatic heterocycles. The third-order valence-corrected chi connectivity index (χ3v) is 2.55. The maximum absolute atomic E-state index is 5.51. The fourth-order valence-electron chi connectivity index (χ4n) is 1.61. The van der Waals surface area contributed by atoms with E-state index in [1.54, 1.807) is 12.4 Å². The highest BCUT2D eigenvalue weighted by Gasteiger charge is 1.94. The highest BCUT2D eigenvalue weighted by molar-refractivity contribution is 5.09. The molecule has 0 aliphatic heterocycles. The van der Waals surface area contributed by atoms with E-state index in [1.807, 2.05) is 0 Å². The maximum Gasteiger partial charge on any atom is 0.155 e. The number of unbranched alkanes of at least 4 members (excludes halogenated alkanes) is 6. The van der Waals surface area contributed by atoms with Crippen LogP contribution in [0.2, 0.25) is 0 Å². The van der Waals surface area contributed by atoms with Gasteiger partial charge in [0.05, 0.1) is 19.0 Å². The quantitative estimate of drug-likeness (QED) is 0.599. The summed E-state index contributed by atoms with van der Waals surface area (Å²) in [5.41, 5.74) is 0. The van der Waals surface area contributed by atoms with E-state index in [9.17, 15) is 0 Å². The Morgan fingerprint density at radius 2 is 1.56 bits per heavy atom. The standard InChI is InChI=1S/C13H22N2O/c1-2-3-4-5-6-7-8-9-16-13-10-14-12-15-11-13/h10-12H,2-9H2,1H3. The van der Waals surface area contributed by atoms with Crippen LogP contribution < -0.4 is 4.74 Å². The van der Waals surface area contributed by atoms with Crippen LogP contribution in [0.5, 0.6) is 5.75 Å². The molecule has 0 aliphatic carbocycles. The highest BCUT2D eigenvalue weighted by atomic mass is 16.5. The zero-order valence-electron chi connectivity index (χ0n) is 10.2. The van der Waals surface area contributed by atoms with Crippen molar-refractivity contribution in [3.05, 3.63) is 18.7 Å². The molecule has 0 bridgehead atoms. The molecule has 1 aromatic rings. The molecule has 0 spiro atoms. The summed E-state index contributed by atoms with van der Waals surface area (Å²) in [5, 5.41) is 0. The van der Waals surface area contributed by atoms with Crippen molar-refractivity contribution in [1.29, 1.82) is 0 Å². The van der Waals surface area contributed by atoms with Crippen LogP contribution in [-0.2, 0) is 0 Å². The van der Waals surface area contributed by atoms with Crippen LogP contribution in [-0.4, -0.2) is 16.6 Å². The Morgan fingerprint density at radius 1 is 0.938 bits per heavy atom. The van der Waals surface area contributed by atoms with Gasteiger partial charge in [0.25, 0.3) is 0 Å². The molecule has 0 saturated heterocycles. The molecule has 90 valence electrons. The summed E-state index contributed by atoms with van der Waals surface area (Å²) in [5.74, 6) is 0.772. The summed E-state index contributed by atoms with van der Waals surface area (Å²) in [7, 11) is 0. The third-order valence-electron chi connectivity index (χ3n) is 2.55. The predicted molar refractivity (Wildman–Crippen MR) is 65.5 cm³/mol. The second kappa shape index (κ2) is 9.13. The van der Waals surface area contributed by atoms with Gasteiger partial charge in [-0.2, -0.15) is 0 Å². The minimum absolute atomic E-state index is 0.772. The van der Waals surface area contributed by atoms with Gasteiger partial charge in [-0.15, -0.1) is 0 Å². The monoisotopic (exact) mass is 222 g/mol. The predicted octanol–water partition coefficient (Wildman–Crippen LogP) is 3.61. The van der Waals surface area contributed by atoms with Gasteiger partial charge in [0.2, 0.25) is 0 Å². The molecule has 0 aromatic carbocycles. The SMILES string of the molecule is CCCCCCCCCOc1cncnc1. The number of hydrogen-bond acceptors (Lipinski definition) is 3. The van der Waals surface area contributed by atoms with E-state index in [1.165, 1.54) is 44.9 Å². The lowest BCUT2D eigenvalue weighted by Crippen LogP contribution is -1.97. The average Bonchev–Trinajstić information content (AvgIpc) is 2.34. The van der Waals surface area contributed by atoms with E-state index >= 15 is 0 Å². The van der Waals surface area contributed by atoms with Crippen molar-refractivity contribution in [2.75, 3.05) is 6.61 Å². The van der Waals surface area contributed by atoms with Gasteiger partial charge in [-0.1, -0.05) is 45.4 Å². The molecule has 0 aliphatic rings. The lowest BCUT2D eigenvalue weighted by molar-refractivity contribution is 0.302. The van der Waals surface area contributed by atoms with E-state index in [0.29, 0.717) is 0 Å². The van der Waals surface area contributed by atoms with Crippen molar-refractivity contribution >= 4 is 0 Å². The number of nitrogens with zero attached hydrogens (tertiary/aromatic N) is 2. The molecular weight excluding hydrogens is 200 g/mol. The van der Waals surface area contributed by atoms with E-state index < -0.39 is 0 Å². The van der Waals surface area contributed by atoms with Crippen molar-refractivity contribution in [1.82, 2.24) is 9.97 Å². The Morgan fingerprint density at radius 3 is 2.25 bits per heavy atom. The van der Waals surface area contributed by atoms with Crippen LogP contribution in [0.15, 0.2) is 18.7 Å². The van der Waals surface area contributed by atoms with Crippen LogP contribution in [0.4, 0.5) is 0 Å². The van der Waals surface area contributed by atoms with Crippen LogP contribution in [0.1, 0.15) is 51.9 Å². The zero-order valence-corrected chi connectivity index (χ0v) is 10.2. The average molecular weight is 222 g/mol. The van der Waals surface area contributed by atoms with Gasteiger partial charge in [0.15, 0.2) is 5.75 Å².